The normalized spacial score (nSPS) is 10.2. The Morgan fingerprint density at radius 2 is 1.88 bits per heavy atom. The van der Waals surface area contributed by atoms with Gasteiger partial charge in [-0.3, -0.25) is 14.4 Å². The first-order valence-corrected chi connectivity index (χ1v) is 9.89. The summed E-state index contributed by atoms with van der Waals surface area (Å²) in [5, 5.41) is 5.21. The Morgan fingerprint density at radius 1 is 1.15 bits per heavy atom. The van der Waals surface area contributed by atoms with Crippen molar-refractivity contribution in [2.45, 2.75) is 5.75 Å². The van der Waals surface area contributed by atoms with E-state index in [1.165, 1.54) is 30.2 Å². The molecule has 138 valence electrons. The fraction of sp³-hybridized carbons (Fsp3) is 0.235. The van der Waals surface area contributed by atoms with Crippen LogP contribution >= 0.6 is 34.7 Å². The van der Waals surface area contributed by atoms with Crippen molar-refractivity contribution in [2.24, 2.45) is 0 Å². The van der Waals surface area contributed by atoms with Gasteiger partial charge in [-0.1, -0.05) is 11.6 Å². The third-order valence-electron chi connectivity index (χ3n) is 3.16. The molecule has 2 N–H and O–H groups in total. The Morgan fingerprint density at radius 3 is 2.50 bits per heavy atom. The molecule has 0 saturated carbocycles. The highest BCUT2D eigenvalue weighted by atomic mass is 35.5. The number of hydrogen-bond acceptors (Lipinski definition) is 6. The zero-order valence-corrected chi connectivity index (χ0v) is 16.3. The van der Waals surface area contributed by atoms with Gasteiger partial charge in [-0.05, 0) is 36.4 Å². The summed E-state index contributed by atoms with van der Waals surface area (Å²) in [6.07, 6.45) is 0. The van der Waals surface area contributed by atoms with Gasteiger partial charge in [-0.2, -0.15) is 0 Å². The van der Waals surface area contributed by atoms with Crippen LogP contribution in [0.1, 0.15) is 15.2 Å². The summed E-state index contributed by atoms with van der Waals surface area (Å²) in [7, 11) is 1.25. The smallest absolute Gasteiger partial charge is 0.325 e. The number of ether oxygens (including phenoxy) is 1. The van der Waals surface area contributed by atoms with Crippen molar-refractivity contribution in [2.75, 3.05) is 24.7 Å². The molecule has 0 aliphatic heterocycles. The molecule has 0 unspecified atom stereocenters. The fourth-order valence-electron chi connectivity index (χ4n) is 1.90. The van der Waals surface area contributed by atoms with Gasteiger partial charge in [0, 0.05) is 21.9 Å². The monoisotopic (exact) mass is 412 g/mol. The van der Waals surface area contributed by atoms with Gasteiger partial charge in [0.25, 0.3) is 5.91 Å². The van der Waals surface area contributed by atoms with Crippen LogP contribution in [0.15, 0.2) is 36.4 Å². The lowest BCUT2D eigenvalue weighted by molar-refractivity contribution is -0.139. The SMILES string of the molecule is COC(=O)CNC(=O)c1ccc(NC(=O)CSCc2ccc(Cl)s2)cc1. The molecule has 6 nitrogen and oxygen atoms in total. The summed E-state index contributed by atoms with van der Waals surface area (Å²) in [5.41, 5.74) is 0.982. The molecule has 0 saturated heterocycles. The summed E-state index contributed by atoms with van der Waals surface area (Å²) < 4.78 is 5.19. The second kappa shape index (κ2) is 10.2. The number of rotatable bonds is 8. The highest BCUT2D eigenvalue weighted by Gasteiger charge is 2.09. The van der Waals surface area contributed by atoms with Crippen molar-refractivity contribution in [1.29, 1.82) is 0 Å². The van der Waals surface area contributed by atoms with Crippen molar-refractivity contribution in [1.82, 2.24) is 5.32 Å². The maximum Gasteiger partial charge on any atom is 0.325 e. The number of benzene rings is 1. The zero-order chi connectivity index (χ0) is 18.9. The topological polar surface area (TPSA) is 84.5 Å². The minimum Gasteiger partial charge on any atom is -0.468 e. The number of thioether (sulfide) groups is 1. The predicted octanol–water partition coefficient (Wildman–Crippen LogP) is 3.18. The van der Waals surface area contributed by atoms with E-state index in [2.05, 4.69) is 15.4 Å². The quantitative estimate of drug-likeness (QED) is 0.650. The standard InChI is InChI=1S/C17H17ClN2O4S2/c1-24-16(22)8-19-17(23)11-2-4-12(5-3-11)20-15(21)10-25-9-13-6-7-14(18)26-13/h2-7H,8-10H2,1H3,(H,19,23)(H,20,21). The van der Waals surface area contributed by atoms with Gasteiger partial charge in [0.05, 0.1) is 17.2 Å². The van der Waals surface area contributed by atoms with Crippen LogP contribution in [-0.4, -0.2) is 37.2 Å². The number of carbonyl (C=O) groups is 3. The van der Waals surface area contributed by atoms with Gasteiger partial charge in [-0.25, -0.2) is 0 Å². The molecule has 2 amide bonds. The fourth-order valence-corrected chi connectivity index (χ4v) is 3.93. The maximum atomic E-state index is 12.0. The lowest BCUT2D eigenvalue weighted by Crippen LogP contribution is -2.30. The molecular formula is C17H17ClN2O4S2. The predicted molar refractivity (Wildman–Crippen MR) is 105 cm³/mol. The van der Waals surface area contributed by atoms with Crippen molar-refractivity contribution >= 4 is 58.2 Å². The highest BCUT2D eigenvalue weighted by Crippen LogP contribution is 2.25. The Labute approximate surface area is 164 Å². The largest absolute Gasteiger partial charge is 0.468 e. The minimum atomic E-state index is -0.524. The average Bonchev–Trinajstić information content (AvgIpc) is 3.05. The van der Waals surface area contributed by atoms with E-state index >= 15 is 0 Å². The van der Waals surface area contributed by atoms with E-state index in [4.69, 9.17) is 11.6 Å². The van der Waals surface area contributed by atoms with Gasteiger partial charge in [0.1, 0.15) is 6.54 Å². The van der Waals surface area contributed by atoms with Crippen molar-refractivity contribution in [3.8, 4) is 0 Å². The van der Waals surface area contributed by atoms with Crippen LogP contribution in [0.2, 0.25) is 4.34 Å². The van der Waals surface area contributed by atoms with Crippen LogP contribution in [-0.2, 0) is 20.1 Å². The van der Waals surface area contributed by atoms with Crippen LogP contribution in [0.4, 0.5) is 5.69 Å². The summed E-state index contributed by atoms with van der Waals surface area (Å²) in [6, 6.07) is 10.2. The van der Waals surface area contributed by atoms with Gasteiger partial charge in [-0.15, -0.1) is 23.1 Å². The number of esters is 1. The molecule has 2 rings (SSSR count). The molecule has 26 heavy (non-hydrogen) atoms. The lowest BCUT2D eigenvalue weighted by atomic mass is 10.2. The summed E-state index contributed by atoms with van der Waals surface area (Å²) in [5.74, 6) is 0.00427. The van der Waals surface area contributed by atoms with E-state index in [9.17, 15) is 14.4 Å². The first-order valence-electron chi connectivity index (χ1n) is 7.55. The Kier molecular flexibility index (Phi) is 7.96. The van der Waals surface area contributed by atoms with Crippen LogP contribution < -0.4 is 10.6 Å². The van der Waals surface area contributed by atoms with Gasteiger partial charge < -0.3 is 15.4 Å². The molecule has 0 fully saturated rings. The molecule has 9 heteroatoms. The van der Waals surface area contributed by atoms with Crippen LogP contribution in [0.3, 0.4) is 0 Å². The zero-order valence-electron chi connectivity index (χ0n) is 13.9. The lowest BCUT2D eigenvalue weighted by Gasteiger charge is -2.07. The number of amides is 2. The molecule has 0 aliphatic carbocycles. The maximum absolute atomic E-state index is 12.0. The van der Waals surface area contributed by atoms with Gasteiger partial charge in [0.2, 0.25) is 5.91 Å². The second-order valence-corrected chi connectivity index (χ2v) is 7.87. The van der Waals surface area contributed by atoms with E-state index in [0.717, 1.165) is 15.0 Å². The molecule has 0 spiro atoms. The summed E-state index contributed by atoms with van der Waals surface area (Å²) in [4.78, 5) is 35.9. The van der Waals surface area contributed by atoms with E-state index in [0.29, 0.717) is 17.0 Å². The van der Waals surface area contributed by atoms with Crippen LogP contribution in [0.25, 0.3) is 0 Å². The number of anilines is 1. The molecule has 0 radical (unpaired) electrons. The first kappa shape index (κ1) is 20.3. The van der Waals surface area contributed by atoms with E-state index in [1.54, 1.807) is 24.3 Å². The number of halogens is 1. The third kappa shape index (κ3) is 6.70. The summed E-state index contributed by atoms with van der Waals surface area (Å²) in [6.45, 7) is -0.194. The third-order valence-corrected chi connectivity index (χ3v) is 5.55. The first-order chi connectivity index (χ1) is 12.5. The van der Waals surface area contributed by atoms with Crippen molar-refractivity contribution in [3.63, 3.8) is 0 Å². The van der Waals surface area contributed by atoms with E-state index in [1.807, 2.05) is 12.1 Å². The Balaban J connectivity index is 1.76. The Hall–Kier alpha value is -2.03. The van der Waals surface area contributed by atoms with E-state index in [-0.39, 0.29) is 12.5 Å². The minimum absolute atomic E-state index is 0.124. The molecule has 0 aliphatic rings. The average molecular weight is 413 g/mol. The molecule has 0 bridgehead atoms. The number of carbonyl (C=O) groups excluding carboxylic acids is 3. The number of thiophene rings is 1. The summed E-state index contributed by atoms with van der Waals surface area (Å²) >= 11 is 8.86. The second-order valence-electron chi connectivity index (χ2n) is 5.08. The molecule has 2 aromatic rings. The molecule has 1 aromatic carbocycles. The highest BCUT2D eigenvalue weighted by molar-refractivity contribution is 7.99. The van der Waals surface area contributed by atoms with E-state index < -0.39 is 11.9 Å². The van der Waals surface area contributed by atoms with Crippen LogP contribution in [0.5, 0.6) is 0 Å². The van der Waals surface area contributed by atoms with Crippen molar-refractivity contribution in [3.05, 3.63) is 51.2 Å². The number of methoxy groups -OCH3 is 1. The van der Waals surface area contributed by atoms with Gasteiger partial charge >= 0.3 is 5.97 Å². The number of hydrogen-bond donors (Lipinski definition) is 2. The van der Waals surface area contributed by atoms with Crippen molar-refractivity contribution < 1.29 is 19.1 Å². The Bertz CT molecular complexity index is 777. The number of nitrogens with one attached hydrogen (secondary N) is 2. The molecule has 1 aromatic heterocycles. The molecule has 0 atom stereocenters. The van der Waals surface area contributed by atoms with Crippen LogP contribution in [0, 0.1) is 0 Å². The van der Waals surface area contributed by atoms with Gasteiger partial charge in [0.15, 0.2) is 0 Å². The molecule has 1 heterocycles. The molecular weight excluding hydrogens is 396 g/mol.